The van der Waals surface area contributed by atoms with Crippen LogP contribution in [0.2, 0.25) is 0 Å². The van der Waals surface area contributed by atoms with E-state index in [1.807, 2.05) is 49.4 Å². The van der Waals surface area contributed by atoms with Gasteiger partial charge in [-0.2, -0.15) is 0 Å². The molecule has 0 bridgehead atoms. The summed E-state index contributed by atoms with van der Waals surface area (Å²) in [5.41, 5.74) is 3.91. The van der Waals surface area contributed by atoms with Gasteiger partial charge in [0.25, 0.3) is 0 Å². The number of ketones is 1. The van der Waals surface area contributed by atoms with Gasteiger partial charge in [0.2, 0.25) is 0 Å². The van der Waals surface area contributed by atoms with Gasteiger partial charge < -0.3 is 4.74 Å². The predicted molar refractivity (Wildman–Crippen MR) is 73.2 cm³/mol. The standard InChI is InChI=1S/C16H16O2/c1-11-4-9-15(12(2)17)16(10-11)13-5-7-14(18-3)8-6-13/h4-10H,1-3H3. The van der Waals surface area contributed by atoms with Gasteiger partial charge in [-0.05, 0) is 37.1 Å². The fourth-order valence-corrected chi connectivity index (χ4v) is 1.97. The third kappa shape index (κ3) is 2.43. The zero-order valence-corrected chi connectivity index (χ0v) is 10.9. The van der Waals surface area contributed by atoms with Crippen LogP contribution in [0, 0.1) is 6.92 Å². The van der Waals surface area contributed by atoms with Gasteiger partial charge in [0.15, 0.2) is 5.78 Å². The lowest BCUT2D eigenvalue weighted by Gasteiger charge is -2.09. The van der Waals surface area contributed by atoms with E-state index in [2.05, 4.69) is 0 Å². The zero-order chi connectivity index (χ0) is 13.1. The van der Waals surface area contributed by atoms with Crippen molar-refractivity contribution < 1.29 is 9.53 Å². The van der Waals surface area contributed by atoms with Gasteiger partial charge in [0.05, 0.1) is 7.11 Å². The van der Waals surface area contributed by atoms with Crippen LogP contribution in [0.3, 0.4) is 0 Å². The number of rotatable bonds is 3. The maximum atomic E-state index is 11.6. The molecule has 0 fully saturated rings. The van der Waals surface area contributed by atoms with Crippen molar-refractivity contribution in [3.05, 3.63) is 53.6 Å². The van der Waals surface area contributed by atoms with E-state index < -0.39 is 0 Å². The van der Waals surface area contributed by atoms with Crippen LogP contribution in [-0.2, 0) is 0 Å². The van der Waals surface area contributed by atoms with E-state index >= 15 is 0 Å². The molecule has 0 saturated heterocycles. The summed E-state index contributed by atoms with van der Waals surface area (Å²) in [5, 5.41) is 0. The molecule has 2 aromatic rings. The molecule has 92 valence electrons. The Morgan fingerprint density at radius 1 is 1.06 bits per heavy atom. The maximum Gasteiger partial charge on any atom is 0.160 e. The van der Waals surface area contributed by atoms with Gasteiger partial charge in [-0.25, -0.2) is 0 Å². The molecular formula is C16H16O2. The van der Waals surface area contributed by atoms with Crippen LogP contribution in [0.25, 0.3) is 11.1 Å². The van der Waals surface area contributed by atoms with Crippen LogP contribution < -0.4 is 4.74 Å². The van der Waals surface area contributed by atoms with Gasteiger partial charge in [-0.1, -0.05) is 35.9 Å². The van der Waals surface area contributed by atoms with Crippen LogP contribution in [0.4, 0.5) is 0 Å². The van der Waals surface area contributed by atoms with Crippen molar-refractivity contribution in [3.8, 4) is 16.9 Å². The van der Waals surface area contributed by atoms with E-state index in [4.69, 9.17) is 4.74 Å². The Labute approximate surface area is 107 Å². The van der Waals surface area contributed by atoms with Gasteiger partial charge in [0, 0.05) is 5.56 Å². The molecule has 0 aromatic heterocycles. The molecule has 0 radical (unpaired) electrons. The zero-order valence-electron chi connectivity index (χ0n) is 10.9. The summed E-state index contributed by atoms with van der Waals surface area (Å²) in [6, 6.07) is 13.6. The minimum Gasteiger partial charge on any atom is -0.497 e. The number of hydrogen-bond acceptors (Lipinski definition) is 2. The number of ether oxygens (including phenoxy) is 1. The number of carbonyl (C=O) groups is 1. The van der Waals surface area contributed by atoms with E-state index in [-0.39, 0.29) is 5.78 Å². The molecule has 0 N–H and O–H groups in total. The first-order valence-electron chi connectivity index (χ1n) is 5.88. The van der Waals surface area contributed by atoms with Crippen molar-refractivity contribution in [2.45, 2.75) is 13.8 Å². The SMILES string of the molecule is COc1ccc(-c2cc(C)ccc2C(C)=O)cc1. The van der Waals surface area contributed by atoms with Crippen LogP contribution in [0.5, 0.6) is 5.75 Å². The average molecular weight is 240 g/mol. The van der Waals surface area contributed by atoms with Crippen LogP contribution in [0.15, 0.2) is 42.5 Å². The van der Waals surface area contributed by atoms with Crippen molar-refractivity contribution in [2.24, 2.45) is 0 Å². The Bertz CT molecular complexity index is 568. The van der Waals surface area contributed by atoms with E-state index in [1.54, 1.807) is 14.0 Å². The monoisotopic (exact) mass is 240 g/mol. The highest BCUT2D eigenvalue weighted by Gasteiger charge is 2.09. The summed E-state index contributed by atoms with van der Waals surface area (Å²) in [7, 11) is 1.64. The molecule has 0 aliphatic carbocycles. The normalized spacial score (nSPS) is 10.2. The molecule has 0 heterocycles. The maximum absolute atomic E-state index is 11.6. The number of methoxy groups -OCH3 is 1. The summed E-state index contributed by atoms with van der Waals surface area (Å²) in [6.45, 7) is 3.62. The lowest BCUT2D eigenvalue weighted by molar-refractivity contribution is 0.101. The van der Waals surface area contributed by atoms with Crippen LogP contribution in [-0.4, -0.2) is 12.9 Å². The Morgan fingerprint density at radius 2 is 1.72 bits per heavy atom. The summed E-state index contributed by atoms with van der Waals surface area (Å²) in [5.74, 6) is 0.900. The molecule has 2 heteroatoms. The smallest absolute Gasteiger partial charge is 0.160 e. The topological polar surface area (TPSA) is 26.3 Å². The molecule has 0 atom stereocenters. The first kappa shape index (κ1) is 12.4. The summed E-state index contributed by atoms with van der Waals surface area (Å²) in [6.07, 6.45) is 0. The highest BCUT2D eigenvalue weighted by molar-refractivity contribution is 6.00. The average Bonchev–Trinajstić information content (AvgIpc) is 2.38. The van der Waals surface area contributed by atoms with Crippen molar-refractivity contribution >= 4 is 5.78 Å². The minimum atomic E-state index is 0.0841. The molecule has 2 rings (SSSR count). The minimum absolute atomic E-state index is 0.0841. The first-order valence-corrected chi connectivity index (χ1v) is 5.88. The van der Waals surface area contributed by atoms with Crippen molar-refractivity contribution in [1.29, 1.82) is 0 Å². The van der Waals surface area contributed by atoms with E-state index in [0.717, 1.165) is 28.0 Å². The molecule has 0 unspecified atom stereocenters. The van der Waals surface area contributed by atoms with Crippen molar-refractivity contribution in [2.75, 3.05) is 7.11 Å². The Morgan fingerprint density at radius 3 is 2.28 bits per heavy atom. The quantitative estimate of drug-likeness (QED) is 0.761. The highest BCUT2D eigenvalue weighted by Crippen LogP contribution is 2.27. The molecule has 2 nitrogen and oxygen atoms in total. The molecule has 2 aromatic carbocycles. The summed E-state index contributed by atoms with van der Waals surface area (Å²) in [4.78, 5) is 11.6. The predicted octanol–water partition coefficient (Wildman–Crippen LogP) is 3.87. The number of hydrogen-bond donors (Lipinski definition) is 0. The van der Waals surface area contributed by atoms with Gasteiger partial charge in [-0.15, -0.1) is 0 Å². The van der Waals surface area contributed by atoms with Gasteiger partial charge in [-0.3, -0.25) is 4.79 Å². The van der Waals surface area contributed by atoms with E-state index in [9.17, 15) is 4.79 Å². The van der Waals surface area contributed by atoms with Gasteiger partial charge >= 0.3 is 0 Å². The molecule has 0 aliphatic rings. The highest BCUT2D eigenvalue weighted by atomic mass is 16.5. The fraction of sp³-hybridized carbons (Fsp3) is 0.188. The molecule has 0 aliphatic heterocycles. The molecule has 0 spiro atoms. The molecule has 0 saturated carbocycles. The summed E-state index contributed by atoms with van der Waals surface area (Å²) >= 11 is 0. The Balaban J connectivity index is 2.54. The second-order valence-corrected chi connectivity index (χ2v) is 4.33. The third-order valence-corrected chi connectivity index (χ3v) is 2.96. The lowest BCUT2D eigenvalue weighted by atomic mass is 9.95. The third-order valence-electron chi connectivity index (χ3n) is 2.96. The molecule has 18 heavy (non-hydrogen) atoms. The second-order valence-electron chi connectivity index (χ2n) is 4.33. The van der Waals surface area contributed by atoms with Crippen molar-refractivity contribution in [3.63, 3.8) is 0 Å². The van der Waals surface area contributed by atoms with Crippen molar-refractivity contribution in [1.82, 2.24) is 0 Å². The largest absolute Gasteiger partial charge is 0.497 e. The fourth-order valence-electron chi connectivity index (χ4n) is 1.97. The summed E-state index contributed by atoms with van der Waals surface area (Å²) < 4.78 is 5.14. The number of aryl methyl sites for hydroxylation is 1. The Hall–Kier alpha value is -2.09. The Kier molecular flexibility index (Phi) is 3.47. The molecular weight excluding hydrogens is 224 g/mol. The molecule has 0 amide bonds. The number of benzene rings is 2. The number of Topliss-reactive ketones (excluding diaryl/α,β-unsaturated/α-hetero) is 1. The first-order chi connectivity index (χ1) is 8.61. The van der Waals surface area contributed by atoms with Gasteiger partial charge in [0.1, 0.15) is 5.75 Å². The lowest BCUT2D eigenvalue weighted by Crippen LogP contribution is -1.96. The number of carbonyl (C=O) groups excluding carboxylic acids is 1. The van der Waals surface area contributed by atoms with Crippen LogP contribution >= 0.6 is 0 Å². The van der Waals surface area contributed by atoms with Crippen LogP contribution in [0.1, 0.15) is 22.8 Å². The second kappa shape index (κ2) is 5.05. The van der Waals surface area contributed by atoms with E-state index in [1.165, 1.54) is 0 Å². The van der Waals surface area contributed by atoms with E-state index in [0.29, 0.717) is 0 Å².